The molecule has 0 aliphatic carbocycles. The highest BCUT2D eigenvalue weighted by Crippen LogP contribution is 2.29. The molecule has 1 aliphatic heterocycles. The van der Waals surface area contributed by atoms with Gasteiger partial charge in [0.05, 0.1) is 19.9 Å². The maximum Gasteiger partial charge on any atom is 0.335 e. The van der Waals surface area contributed by atoms with Crippen molar-refractivity contribution in [1.82, 2.24) is 14.5 Å². The fraction of sp³-hybridized carbons (Fsp3) is 0.476. The zero-order valence-electron chi connectivity index (χ0n) is 17.4. The van der Waals surface area contributed by atoms with E-state index in [0.29, 0.717) is 18.0 Å². The molecule has 162 valence electrons. The van der Waals surface area contributed by atoms with E-state index in [2.05, 4.69) is 14.9 Å². The maximum atomic E-state index is 12.4. The summed E-state index contributed by atoms with van der Waals surface area (Å²) in [5.41, 5.74) is -1.32. The van der Waals surface area contributed by atoms with Gasteiger partial charge in [-0.25, -0.2) is 9.36 Å². The number of nitrogens with one attached hydrogen (secondary N) is 1. The average Bonchev–Trinajstić information content (AvgIpc) is 2.76. The number of rotatable bonds is 8. The molecule has 1 aliphatic rings. The van der Waals surface area contributed by atoms with Crippen molar-refractivity contribution in [2.75, 3.05) is 40.4 Å². The van der Waals surface area contributed by atoms with E-state index in [4.69, 9.17) is 9.47 Å². The SMILES string of the molecule is COc1ccc(OC)c(-n2c(O)c(C=NCCCN3CCCCC3)c(=O)[nH]c2=O)c1. The van der Waals surface area contributed by atoms with Crippen molar-refractivity contribution < 1.29 is 14.6 Å². The minimum atomic E-state index is -0.786. The van der Waals surface area contributed by atoms with Crippen LogP contribution in [0, 0.1) is 0 Å². The fourth-order valence-corrected chi connectivity index (χ4v) is 3.57. The normalized spacial score (nSPS) is 14.9. The molecule has 0 radical (unpaired) electrons. The number of hydrogen-bond acceptors (Lipinski definition) is 7. The lowest BCUT2D eigenvalue weighted by atomic mass is 10.1. The molecule has 3 rings (SSSR count). The summed E-state index contributed by atoms with van der Waals surface area (Å²) in [6.07, 6.45) is 5.94. The third kappa shape index (κ3) is 4.91. The third-order valence-electron chi connectivity index (χ3n) is 5.18. The van der Waals surface area contributed by atoms with Crippen LogP contribution in [0.5, 0.6) is 17.4 Å². The number of aromatic hydroxyl groups is 1. The van der Waals surface area contributed by atoms with Gasteiger partial charge < -0.3 is 19.5 Å². The number of benzene rings is 1. The number of methoxy groups -OCH3 is 2. The monoisotopic (exact) mass is 416 g/mol. The van der Waals surface area contributed by atoms with Crippen molar-refractivity contribution in [1.29, 1.82) is 0 Å². The average molecular weight is 416 g/mol. The molecular weight excluding hydrogens is 388 g/mol. The molecule has 1 saturated heterocycles. The number of ether oxygens (including phenoxy) is 2. The Morgan fingerprint density at radius 1 is 1.17 bits per heavy atom. The van der Waals surface area contributed by atoms with Crippen LogP contribution in [0.25, 0.3) is 5.69 Å². The van der Waals surface area contributed by atoms with E-state index in [1.807, 2.05) is 0 Å². The summed E-state index contributed by atoms with van der Waals surface area (Å²) in [4.78, 5) is 33.6. The Kier molecular flexibility index (Phi) is 7.29. The summed E-state index contributed by atoms with van der Waals surface area (Å²) in [7, 11) is 2.94. The van der Waals surface area contributed by atoms with Crippen LogP contribution in [0.1, 0.15) is 31.2 Å². The first-order valence-corrected chi connectivity index (χ1v) is 10.1. The molecule has 0 atom stereocenters. The Balaban J connectivity index is 1.83. The summed E-state index contributed by atoms with van der Waals surface area (Å²) in [5.74, 6) is 0.302. The van der Waals surface area contributed by atoms with Crippen molar-refractivity contribution in [3.05, 3.63) is 44.6 Å². The summed E-state index contributed by atoms with van der Waals surface area (Å²) < 4.78 is 11.5. The van der Waals surface area contributed by atoms with Gasteiger partial charge in [-0.15, -0.1) is 0 Å². The second-order valence-electron chi connectivity index (χ2n) is 7.16. The van der Waals surface area contributed by atoms with E-state index < -0.39 is 17.1 Å². The molecule has 1 fully saturated rings. The summed E-state index contributed by atoms with van der Waals surface area (Å²) in [5, 5.41) is 10.7. The van der Waals surface area contributed by atoms with E-state index in [0.717, 1.165) is 30.6 Å². The second-order valence-corrected chi connectivity index (χ2v) is 7.16. The van der Waals surface area contributed by atoms with Gasteiger partial charge in [0.1, 0.15) is 17.1 Å². The molecule has 0 amide bonds. The van der Waals surface area contributed by atoms with Gasteiger partial charge in [-0.05, 0) is 51.0 Å². The standard InChI is InChI=1S/C21H28N4O5/c1-29-15-7-8-18(30-2)17(13-15)25-20(27)16(19(26)23-21(25)28)14-22-9-6-12-24-10-4-3-5-11-24/h7-8,13-14,27H,3-6,9-12H2,1-2H3,(H,23,26,28). The number of piperidine rings is 1. The van der Waals surface area contributed by atoms with Crippen molar-refractivity contribution in [3.63, 3.8) is 0 Å². The Hall–Kier alpha value is -3.07. The van der Waals surface area contributed by atoms with Gasteiger partial charge in [0.25, 0.3) is 5.56 Å². The Labute approximate surface area is 174 Å². The van der Waals surface area contributed by atoms with E-state index in [1.54, 1.807) is 12.1 Å². The molecule has 1 aromatic carbocycles. The van der Waals surface area contributed by atoms with Gasteiger partial charge >= 0.3 is 5.69 Å². The number of H-pyrrole nitrogens is 1. The van der Waals surface area contributed by atoms with E-state index in [9.17, 15) is 14.7 Å². The second kappa shape index (κ2) is 10.1. The van der Waals surface area contributed by atoms with E-state index >= 15 is 0 Å². The van der Waals surface area contributed by atoms with Crippen LogP contribution < -0.4 is 20.7 Å². The lowest BCUT2D eigenvalue weighted by molar-refractivity contribution is 0.228. The molecule has 2 aromatic rings. The number of aromatic amines is 1. The van der Waals surface area contributed by atoms with Crippen molar-refractivity contribution in [2.45, 2.75) is 25.7 Å². The molecule has 2 N–H and O–H groups in total. The highest BCUT2D eigenvalue weighted by Gasteiger charge is 2.18. The highest BCUT2D eigenvalue weighted by molar-refractivity contribution is 5.82. The Bertz CT molecular complexity index is 1010. The lowest BCUT2D eigenvalue weighted by Gasteiger charge is -2.25. The Morgan fingerprint density at radius 3 is 2.63 bits per heavy atom. The van der Waals surface area contributed by atoms with Gasteiger partial charge in [-0.1, -0.05) is 6.42 Å². The summed E-state index contributed by atoms with van der Waals surface area (Å²) >= 11 is 0. The molecule has 0 unspecified atom stereocenters. The molecule has 9 heteroatoms. The van der Waals surface area contributed by atoms with E-state index in [1.165, 1.54) is 45.8 Å². The number of aliphatic imine (C=N–C) groups is 1. The van der Waals surface area contributed by atoms with Gasteiger partial charge in [0, 0.05) is 18.8 Å². The third-order valence-corrected chi connectivity index (χ3v) is 5.18. The van der Waals surface area contributed by atoms with Crippen molar-refractivity contribution >= 4 is 6.21 Å². The topological polar surface area (TPSA) is 109 Å². The maximum absolute atomic E-state index is 12.4. The summed E-state index contributed by atoms with van der Waals surface area (Å²) in [6.45, 7) is 3.73. The van der Waals surface area contributed by atoms with Gasteiger partial charge in [-0.2, -0.15) is 0 Å². The molecular formula is C21H28N4O5. The van der Waals surface area contributed by atoms with Crippen LogP contribution in [-0.4, -0.2) is 66.2 Å². The number of hydrogen-bond donors (Lipinski definition) is 2. The Morgan fingerprint density at radius 2 is 1.93 bits per heavy atom. The predicted octanol–water partition coefficient (Wildman–Crippen LogP) is 1.54. The molecule has 0 spiro atoms. The number of likely N-dealkylation sites (tertiary alicyclic amines) is 1. The fourth-order valence-electron chi connectivity index (χ4n) is 3.57. The van der Waals surface area contributed by atoms with Crippen LogP contribution >= 0.6 is 0 Å². The smallest absolute Gasteiger partial charge is 0.335 e. The zero-order chi connectivity index (χ0) is 21.5. The van der Waals surface area contributed by atoms with Crippen LogP contribution in [0.15, 0.2) is 32.8 Å². The number of nitrogens with zero attached hydrogens (tertiary/aromatic N) is 3. The zero-order valence-corrected chi connectivity index (χ0v) is 17.4. The van der Waals surface area contributed by atoms with Crippen LogP contribution in [0.3, 0.4) is 0 Å². The predicted molar refractivity (Wildman–Crippen MR) is 115 cm³/mol. The van der Waals surface area contributed by atoms with Crippen LogP contribution in [0.2, 0.25) is 0 Å². The first-order valence-electron chi connectivity index (χ1n) is 10.1. The molecule has 0 bridgehead atoms. The quantitative estimate of drug-likeness (QED) is 0.499. The highest BCUT2D eigenvalue weighted by atomic mass is 16.5. The van der Waals surface area contributed by atoms with Crippen molar-refractivity contribution in [3.8, 4) is 23.1 Å². The van der Waals surface area contributed by atoms with Gasteiger partial charge in [-0.3, -0.25) is 14.8 Å². The van der Waals surface area contributed by atoms with Gasteiger partial charge in [0.15, 0.2) is 0 Å². The molecule has 0 saturated carbocycles. The molecule has 1 aromatic heterocycles. The molecule has 9 nitrogen and oxygen atoms in total. The number of aromatic nitrogens is 2. The van der Waals surface area contributed by atoms with Gasteiger partial charge in [0.2, 0.25) is 5.88 Å². The van der Waals surface area contributed by atoms with E-state index in [-0.39, 0.29) is 11.3 Å². The van der Waals surface area contributed by atoms with Crippen molar-refractivity contribution in [2.24, 2.45) is 4.99 Å². The first kappa shape index (κ1) is 21.6. The summed E-state index contributed by atoms with van der Waals surface area (Å²) in [6, 6.07) is 4.82. The van der Waals surface area contributed by atoms with Crippen LogP contribution in [0.4, 0.5) is 0 Å². The first-order chi connectivity index (χ1) is 14.5. The largest absolute Gasteiger partial charge is 0.497 e. The minimum Gasteiger partial charge on any atom is -0.497 e. The lowest BCUT2D eigenvalue weighted by Crippen LogP contribution is -2.31. The minimum absolute atomic E-state index is 0.0857. The molecule has 30 heavy (non-hydrogen) atoms. The molecule has 2 heterocycles. The van der Waals surface area contributed by atoms with Crippen LogP contribution in [-0.2, 0) is 0 Å².